The summed E-state index contributed by atoms with van der Waals surface area (Å²) < 4.78 is 0. The van der Waals surface area contributed by atoms with Crippen LogP contribution in [0.4, 0.5) is 0 Å². The third kappa shape index (κ3) is 2.91. The number of rotatable bonds is 4. The van der Waals surface area contributed by atoms with E-state index in [1.165, 1.54) is 11.1 Å². The van der Waals surface area contributed by atoms with Gasteiger partial charge in [-0.25, -0.2) is 0 Å². The van der Waals surface area contributed by atoms with Crippen LogP contribution >= 0.6 is 0 Å². The van der Waals surface area contributed by atoms with E-state index >= 15 is 0 Å². The molecule has 1 amide bonds. The maximum atomic E-state index is 11.3. The van der Waals surface area contributed by atoms with Crippen LogP contribution in [-0.4, -0.2) is 18.5 Å². The summed E-state index contributed by atoms with van der Waals surface area (Å²) in [5.74, 6) is -0.244. The Morgan fingerprint density at radius 1 is 1.39 bits per heavy atom. The van der Waals surface area contributed by atoms with Gasteiger partial charge in [0.25, 0.3) is 0 Å². The van der Waals surface area contributed by atoms with Crippen LogP contribution in [-0.2, 0) is 17.6 Å². The number of amides is 1. The minimum Gasteiger partial charge on any atom is -0.369 e. The van der Waals surface area contributed by atoms with Crippen LogP contribution in [0.3, 0.4) is 0 Å². The Kier molecular flexibility index (Phi) is 3.71. The number of primary amides is 1. The first-order valence-electron chi connectivity index (χ1n) is 6.59. The average Bonchev–Trinajstić information content (AvgIpc) is 2.36. The van der Waals surface area contributed by atoms with Crippen LogP contribution in [0.2, 0.25) is 0 Å². The third-order valence-corrected chi connectivity index (χ3v) is 3.85. The maximum Gasteiger partial charge on any atom is 0.224 e. The van der Waals surface area contributed by atoms with Crippen molar-refractivity contribution in [3.8, 4) is 0 Å². The van der Waals surface area contributed by atoms with Crippen molar-refractivity contribution >= 4 is 5.91 Å². The Morgan fingerprint density at radius 3 is 2.72 bits per heavy atom. The largest absolute Gasteiger partial charge is 0.369 e. The predicted molar refractivity (Wildman–Crippen MR) is 73.2 cm³/mol. The van der Waals surface area contributed by atoms with Gasteiger partial charge < -0.3 is 11.1 Å². The minimum atomic E-state index is -0.475. The molecule has 1 aromatic carbocycles. The number of hydrogen-bond acceptors (Lipinski definition) is 2. The summed E-state index contributed by atoms with van der Waals surface area (Å²) in [5, 5.41) is 3.48. The molecule has 0 heterocycles. The van der Waals surface area contributed by atoms with Gasteiger partial charge in [0.2, 0.25) is 5.91 Å². The van der Waals surface area contributed by atoms with Crippen molar-refractivity contribution in [3.63, 3.8) is 0 Å². The van der Waals surface area contributed by atoms with E-state index in [0.29, 0.717) is 12.6 Å². The molecule has 1 aromatic rings. The van der Waals surface area contributed by atoms with Gasteiger partial charge in [0, 0.05) is 12.6 Å². The Balaban J connectivity index is 1.93. The summed E-state index contributed by atoms with van der Waals surface area (Å²) in [6, 6.07) is 9.05. The average molecular weight is 246 g/mol. The van der Waals surface area contributed by atoms with E-state index in [9.17, 15) is 4.79 Å². The van der Waals surface area contributed by atoms with Crippen LogP contribution in [0.5, 0.6) is 0 Å². The molecule has 0 aliphatic heterocycles. The molecule has 0 aromatic heterocycles. The molecule has 0 saturated carbocycles. The maximum absolute atomic E-state index is 11.3. The van der Waals surface area contributed by atoms with Crippen molar-refractivity contribution in [1.29, 1.82) is 0 Å². The van der Waals surface area contributed by atoms with Gasteiger partial charge in [-0.1, -0.05) is 24.3 Å². The molecule has 1 atom stereocenters. The summed E-state index contributed by atoms with van der Waals surface area (Å²) in [6.45, 7) is 4.42. The predicted octanol–water partition coefficient (Wildman–Crippen LogP) is 1.64. The van der Waals surface area contributed by atoms with Gasteiger partial charge in [-0.3, -0.25) is 4.79 Å². The molecule has 1 aliphatic rings. The Bertz CT molecular complexity index is 440. The smallest absolute Gasteiger partial charge is 0.224 e. The van der Waals surface area contributed by atoms with Gasteiger partial charge >= 0.3 is 0 Å². The van der Waals surface area contributed by atoms with E-state index < -0.39 is 5.41 Å². The van der Waals surface area contributed by atoms with E-state index in [1.807, 2.05) is 13.8 Å². The fourth-order valence-corrected chi connectivity index (χ4v) is 2.36. The number of fused-ring (bicyclic) bond motifs is 1. The summed E-state index contributed by atoms with van der Waals surface area (Å²) in [7, 11) is 0. The highest BCUT2D eigenvalue weighted by Gasteiger charge is 2.26. The van der Waals surface area contributed by atoms with Crippen LogP contribution in [0.1, 0.15) is 31.4 Å². The van der Waals surface area contributed by atoms with Gasteiger partial charge in [0.1, 0.15) is 0 Å². The first-order chi connectivity index (χ1) is 8.49. The molecule has 1 unspecified atom stereocenters. The zero-order valence-electron chi connectivity index (χ0n) is 11.2. The molecule has 0 bridgehead atoms. The molecule has 18 heavy (non-hydrogen) atoms. The van der Waals surface area contributed by atoms with E-state index in [1.54, 1.807) is 0 Å². The van der Waals surface area contributed by atoms with Crippen molar-refractivity contribution in [2.45, 2.75) is 39.2 Å². The van der Waals surface area contributed by atoms with E-state index in [0.717, 1.165) is 19.3 Å². The molecule has 3 nitrogen and oxygen atoms in total. The lowest BCUT2D eigenvalue weighted by atomic mass is 9.87. The first kappa shape index (κ1) is 13.1. The van der Waals surface area contributed by atoms with Gasteiger partial charge in [0.05, 0.1) is 5.41 Å². The Labute approximate surface area is 109 Å². The van der Waals surface area contributed by atoms with Gasteiger partial charge in [-0.15, -0.1) is 0 Å². The SMILES string of the molecule is CC(C)(CNC1CCc2ccccc2C1)C(N)=O. The standard InChI is InChI=1S/C15H22N2O/c1-15(2,14(16)18)10-17-13-8-7-11-5-3-4-6-12(11)9-13/h3-6,13,17H,7-10H2,1-2H3,(H2,16,18). The van der Waals surface area contributed by atoms with Crippen molar-refractivity contribution in [1.82, 2.24) is 5.32 Å². The number of aryl methyl sites for hydroxylation is 1. The number of nitrogens with two attached hydrogens (primary N) is 1. The molecule has 3 N–H and O–H groups in total. The number of hydrogen-bond donors (Lipinski definition) is 2. The number of nitrogens with one attached hydrogen (secondary N) is 1. The van der Waals surface area contributed by atoms with Crippen LogP contribution in [0.15, 0.2) is 24.3 Å². The van der Waals surface area contributed by atoms with Crippen LogP contribution < -0.4 is 11.1 Å². The highest BCUT2D eigenvalue weighted by molar-refractivity contribution is 5.80. The van der Waals surface area contributed by atoms with Crippen LogP contribution in [0, 0.1) is 5.41 Å². The first-order valence-corrected chi connectivity index (χ1v) is 6.59. The third-order valence-electron chi connectivity index (χ3n) is 3.85. The zero-order valence-corrected chi connectivity index (χ0v) is 11.2. The molecule has 0 radical (unpaired) electrons. The number of carbonyl (C=O) groups is 1. The molecule has 0 fully saturated rings. The van der Waals surface area contributed by atoms with Crippen LogP contribution in [0.25, 0.3) is 0 Å². The lowest BCUT2D eigenvalue weighted by Gasteiger charge is -2.29. The molecule has 0 spiro atoms. The highest BCUT2D eigenvalue weighted by atomic mass is 16.1. The molecule has 3 heteroatoms. The summed E-state index contributed by atoms with van der Waals surface area (Å²) in [6.07, 6.45) is 3.29. The lowest BCUT2D eigenvalue weighted by Crippen LogP contribution is -2.45. The second kappa shape index (κ2) is 5.11. The Hall–Kier alpha value is -1.35. The number of carbonyl (C=O) groups excluding carboxylic acids is 1. The van der Waals surface area contributed by atoms with E-state index in [4.69, 9.17) is 5.73 Å². The lowest BCUT2D eigenvalue weighted by molar-refractivity contribution is -0.125. The molecular weight excluding hydrogens is 224 g/mol. The van der Waals surface area contributed by atoms with Crippen molar-refractivity contribution in [3.05, 3.63) is 35.4 Å². The normalized spacial score (nSPS) is 19.3. The number of benzene rings is 1. The van der Waals surface area contributed by atoms with Crippen molar-refractivity contribution in [2.24, 2.45) is 11.1 Å². The van der Waals surface area contributed by atoms with Crippen molar-refractivity contribution in [2.75, 3.05) is 6.54 Å². The fourth-order valence-electron chi connectivity index (χ4n) is 2.36. The summed E-state index contributed by atoms with van der Waals surface area (Å²) in [5.41, 5.74) is 7.80. The molecule has 98 valence electrons. The molecule has 2 rings (SSSR count). The van der Waals surface area contributed by atoms with E-state index in [2.05, 4.69) is 29.6 Å². The molecule has 1 aliphatic carbocycles. The highest BCUT2D eigenvalue weighted by Crippen LogP contribution is 2.22. The second-order valence-electron chi connectivity index (χ2n) is 5.84. The van der Waals surface area contributed by atoms with E-state index in [-0.39, 0.29) is 5.91 Å². The minimum absolute atomic E-state index is 0.244. The Morgan fingerprint density at radius 2 is 2.06 bits per heavy atom. The summed E-state index contributed by atoms with van der Waals surface area (Å²) in [4.78, 5) is 11.3. The molecular formula is C15H22N2O. The van der Waals surface area contributed by atoms with Gasteiger partial charge in [0.15, 0.2) is 0 Å². The van der Waals surface area contributed by atoms with Crippen molar-refractivity contribution < 1.29 is 4.79 Å². The monoisotopic (exact) mass is 246 g/mol. The quantitative estimate of drug-likeness (QED) is 0.848. The van der Waals surface area contributed by atoms with Gasteiger partial charge in [-0.2, -0.15) is 0 Å². The van der Waals surface area contributed by atoms with Gasteiger partial charge in [-0.05, 0) is 44.2 Å². The topological polar surface area (TPSA) is 55.1 Å². The zero-order chi connectivity index (χ0) is 13.2. The molecule has 0 saturated heterocycles. The fraction of sp³-hybridized carbons (Fsp3) is 0.533. The second-order valence-corrected chi connectivity index (χ2v) is 5.84. The summed E-state index contributed by atoms with van der Waals surface area (Å²) >= 11 is 0.